The van der Waals surface area contributed by atoms with E-state index >= 15 is 0 Å². The predicted octanol–water partition coefficient (Wildman–Crippen LogP) is 3.99. The Morgan fingerprint density at radius 3 is 2.32 bits per heavy atom. The van der Waals surface area contributed by atoms with E-state index in [9.17, 15) is 9.59 Å². The fourth-order valence-electron chi connectivity index (χ4n) is 2.36. The summed E-state index contributed by atoms with van der Waals surface area (Å²) in [7, 11) is 0. The molecule has 22 heavy (non-hydrogen) atoms. The minimum Gasteiger partial charge on any atom is -0.466 e. The van der Waals surface area contributed by atoms with E-state index in [1.165, 1.54) is 0 Å². The van der Waals surface area contributed by atoms with Crippen molar-refractivity contribution < 1.29 is 19.1 Å². The van der Waals surface area contributed by atoms with Crippen LogP contribution in [0.15, 0.2) is 30.3 Å². The van der Waals surface area contributed by atoms with Crippen molar-refractivity contribution in [1.29, 1.82) is 0 Å². The van der Waals surface area contributed by atoms with Gasteiger partial charge in [-0.1, -0.05) is 44.9 Å². The number of rotatable bonds is 9. The zero-order valence-corrected chi connectivity index (χ0v) is 13.7. The molecule has 0 fully saturated rings. The summed E-state index contributed by atoms with van der Waals surface area (Å²) in [6.07, 6.45) is 2.71. The molecule has 0 heterocycles. The van der Waals surface area contributed by atoms with E-state index in [0.717, 1.165) is 12.8 Å². The number of ether oxygens (including phenoxy) is 2. The summed E-state index contributed by atoms with van der Waals surface area (Å²) in [4.78, 5) is 24.4. The van der Waals surface area contributed by atoms with Gasteiger partial charge in [-0.2, -0.15) is 0 Å². The van der Waals surface area contributed by atoms with Crippen LogP contribution in [0.25, 0.3) is 0 Å². The highest BCUT2D eigenvalue weighted by molar-refractivity contribution is 5.89. The highest BCUT2D eigenvalue weighted by Crippen LogP contribution is 2.22. The molecule has 2 atom stereocenters. The Kier molecular flexibility index (Phi) is 8.26. The highest BCUT2D eigenvalue weighted by Gasteiger charge is 2.31. The van der Waals surface area contributed by atoms with Gasteiger partial charge >= 0.3 is 11.9 Å². The Hall–Kier alpha value is -1.84. The topological polar surface area (TPSA) is 52.6 Å². The Labute approximate surface area is 132 Å². The summed E-state index contributed by atoms with van der Waals surface area (Å²) in [5.74, 6) is -1.06. The molecule has 2 unspecified atom stereocenters. The largest absolute Gasteiger partial charge is 0.466 e. The molecule has 1 rings (SSSR count). The van der Waals surface area contributed by atoms with Gasteiger partial charge in [-0.15, -0.1) is 0 Å². The molecule has 0 N–H and O–H groups in total. The van der Waals surface area contributed by atoms with Crippen LogP contribution < -0.4 is 0 Å². The summed E-state index contributed by atoms with van der Waals surface area (Å²) < 4.78 is 10.7. The molecule has 0 aliphatic carbocycles. The van der Waals surface area contributed by atoms with Gasteiger partial charge in [0.1, 0.15) is 6.10 Å². The molecule has 122 valence electrons. The van der Waals surface area contributed by atoms with Gasteiger partial charge in [0.15, 0.2) is 0 Å². The molecule has 0 aliphatic heterocycles. The summed E-state index contributed by atoms with van der Waals surface area (Å²) in [6.45, 7) is 6.11. The highest BCUT2D eigenvalue weighted by atomic mass is 16.6. The third-order valence-electron chi connectivity index (χ3n) is 3.58. The minimum atomic E-state index is -0.446. The molecule has 0 spiro atoms. The van der Waals surface area contributed by atoms with Crippen molar-refractivity contribution in [2.45, 2.75) is 52.6 Å². The standard InChI is InChI=1S/C18H26O4/c1-4-7-13-15(18(20)21-6-3)16(5-2)22-17(19)14-11-9-8-10-12-14/h8-12,15-16H,4-7,13H2,1-3H3. The molecule has 0 aliphatic rings. The van der Waals surface area contributed by atoms with Crippen LogP contribution in [0.5, 0.6) is 0 Å². The van der Waals surface area contributed by atoms with Gasteiger partial charge in [0, 0.05) is 0 Å². The fraction of sp³-hybridized carbons (Fsp3) is 0.556. The van der Waals surface area contributed by atoms with Crippen molar-refractivity contribution in [3.8, 4) is 0 Å². The van der Waals surface area contributed by atoms with Gasteiger partial charge in [-0.25, -0.2) is 4.79 Å². The third kappa shape index (κ3) is 5.51. The SMILES string of the molecule is CCCCC(C(=O)OCC)C(CC)OC(=O)c1ccccc1. The van der Waals surface area contributed by atoms with Crippen LogP contribution in [0.3, 0.4) is 0 Å². The second kappa shape index (κ2) is 9.98. The summed E-state index contributed by atoms with van der Waals surface area (Å²) >= 11 is 0. The first-order valence-electron chi connectivity index (χ1n) is 8.06. The summed E-state index contributed by atoms with van der Waals surface area (Å²) in [6, 6.07) is 8.84. The van der Waals surface area contributed by atoms with Crippen molar-refractivity contribution in [3.63, 3.8) is 0 Å². The number of unbranched alkanes of at least 4 members (excludes halogenated alkanes) is 1. The molecular formula is C18H26O4. The molecule has 0 saturated heterocycles. The molecule has 4 nitrogen and oxygen atoms in total. The molecule has 0 aromatic heterocycles. The summed E-state index contributed by atoms with van der Waals surface area (Å²) in [5, 5.41) is 0. The van der Waals surface area contributed by atoms with Crippen LogP contribution in [-0.4, -0.2) is 24.6 Å². The van der Waals surface area contributed by atoms with Gasteiger partial charge in [-0.05, 0) is 31.9 Å². The lowest BCUT2D eigenvalue weighted by atomic mass is 9.94. The lowest BCUT2D eigenvalue weighted by Gasteiger charge is -2.24. The van der Waals surface area contributed by atoms with E-state index in [-0.39, 0.29) is 5.97 Å². The maximum Gasteiger partial charge on any atom is 0.338 e. The van der Waals surface area contributed by atoms with Crippen molar-refractivity contribution in [1.82, 2.24) is 0 Å². The lowest BCUT2D eigenvalue weighted by Crippen LogP contribution is -2.33. The Balaban J connectivity index is 2.79. The Morgan fingerprint density at radius 2 is 1.77 bits per heavy atom. The van der Waals surface area contributed by atoms with Crippen molar-refractivity contribution in [3.05, 3.63) is 35.9 Å². The molecule has 1 aromatic rings. The maximum absolute atomic E-state index is 12.2. The minimum absolute atomic E-state index is 0.274. The Bertz CT molecular complexity index is 455. The van der Waals surface area contributed by atoms with E-state index in [1.54, 1.807) is 31.2 Å². The average molecular weight is 306 g/mol. The third-order valence-corrected chi connectivity index (χ3v) is 3.58. The second-order valence-electron chi connectivity index (χ2n) is 5.22. The van der Waals surface area contributed by atoms with Crippen LogP contribution in [0, 0.1) is 5.92 Å². The van der Waals surface area contributed by atoms with Crippen LogP contribution >= 0.6 is 0 Å². The van der Waals surface area contributed by atoms with E-state index in [1.807, 2.05) is 13.0 Å². The molecule has 4 heteroatoms. The fourth-order valence-corrected chi connectivity index (χ4v) is 2.36. The number of hydrogen-bond donors (Lipinski definition) is 0. The number of carbonyl (C=O) groups is 2. The molecule has 1 aromatic carbocycles. The average Bonchev–Trinajstić information content (AvgIpc) is 2.54. The van der Waals surface area contributed by atoms with E-state index in [2.05, 4.69) is 6.92 Å². The summed E-state index contributed by atoms with van der Waals surface area (Å²) in [5.41, 5.74) is 0.499. The first-order valence-corrected chi connectivity index (χ1v) is 8.06. The second-order valence-corrected chi connectivity index (χ2v) is 5.22. The lowest BCUT2D eigenvalue weighted by molar-refractivity contribution is -0.152. The first kappa shape index (κ1) is 18.2. The van der Waals surface area contributed by atoms with Crippen LogP contribution in [0.1, 0.15) is 56.8 Å². The van der Waals surface area contributed by atoms with Gasteiger partial charge in [0.25, 0.3) is 0 Å². The quantitative estimate of drug-likeness (QED) is 0.647. The van der Waals surface area contributed by atoms with Crippen LogP contribution in [0.2, 0.25) is 0 Å². The van der Waals surface area contributed by atoms with Gasteiger partial charge < -0.3 is 9.47 Å². The molecular weight excluding hydrogens is 280 g/mol. The monoisotopic (exact) mass is 306 g/mol. The smallest absolute Gasteiger partial charge is 0.338 e. The van der Waals surface area contributed by atoms with Crippen LogP contribution in [-0.2, 0) is 14.3 Å². The van der Waals surface area contributed by atoms with E-state index < -0.39 is 18.0 Å². The number of benzene rings is 1. The van der Waals surface area contributed by atoms with Gasteiger partial charge in [0.05, 0.1) is 18.1 Å². The van der Waals surface area contributed by atoms with Gasteiger partial charge in [0.2, 0.25) is 0 Å². The molecule has 0 bridgehead atoms. The number of carbonyl (C=O) groups excluding carboxylic acids is 2. The predicted molar refractivity (Wildman–Crippen MR) is 85.6 cm³/mol. The van der Waals surface area contributed by atoms with E-state index in [0.29, 0.717) is 25.0 Å². The van der Waals surface area contributed by atoms with Gasteiger partial charge in [-0.3, -0.25) is 4.79 Å². The molecule has 0 amide bonds. The first-order chi connectivity index (χ1) is 10.6. The number of hydrogen-bond acceptors (Lipinski definition) is 4. The Morgan fingerprint density at radius 1 is 1.09 bits per heavy atom. The molecule has 0 saturated carbocycles. The van der Waals surface area contributed by atoms with Crippen LogP contribution in [0.4, 0.5) is 0 Å². The van der Waals surface area contributed by atoms with Crippen molar-refractivity contribution >= 4 is 11.9 Å². The zero-order valence-electron chi connectivity index (χ0n) is 13.7. The maximum atomic E-state index is 12.2. The number of esters is 2. The van der Waals surface area contributed by atoms with Crippen molar-refractivity contribution in [2.24, 2.45) is 5.92 Å². The normalized spacial score (nSPS) is 13.2. The molecule has 0 radical (unpaired) electrons. The van der Waals surface area contributed by atoms with Crippen molar-refractivity contribution in [2.75, 3.05) is 6.61 Å². The van der Waals surface area contributed by atoms with E-state index in [4.69, 9.17) is 9.47 Å². The zero-order chi connectivity index (χ0) is 16.4.